The molecule has 0 unspecified atom stereocenters. The minimum atomic E-state index is 0.0925. The number of ether oxygens (including phenoxy) is 1. The summed E-state index contributed by atoms with van der Waals surface area (Å²) in [4.78, 5) is 15.0. The van der Waals surface area contributed by atoms with Crippen LogP contribution in [0.1, 0.15) is 54.9 Å². The van der Waals surface area contributed by atoms with Crippen LogP contribution in [-0.2, 0) is 24.1 Å². The number of hydrogen-bond donors (Lipinski definition) is 1. The minimum Gasteiger partial charge on any atom is -0.378 e. The SMILES string of the molecule is CC(C)Cn1nc(C(=O)N2CCOCC2)c2c1CC[C@H](NCC1CC1)C2. The molecule has 0 bridgehead atoms. The lowest BCUT2D eigenvalue weighted by Crippen LogP contribution is -2.42. The highest BCUT2D eigenvalue weighted by molar-refractivity contribution is 5.94. The highest BCUT2D eigenvalue weighted by atomic mass is 16.5. The maximum Gasteiger partial charge on any atom is 0.274 e. The van der Waals surface area contributed by atoms with Gasteiger partial charge in [-0.15, -0.1) is 0 Å². The third kappa shape index (κ3) is 3.96. The smallest absolute Gasteiger partial charge is 0.274 e. The van der Waals surface area contributed by atoms with Crippen molar-refractivity contribution in [3.63, 3.8) is 0 Å². The molecule has 144 valence electrons. The minimum absolute atomic E-state index is 0.0925. The van der Waals surface area contributed by atoms with Gasteiger partial charge in [-0.05, 0) is 50.5 Å². The van der Waals surface area contributed by atoms with Gasteiger partial charge in [0.2, 0.25) is 0 Å². The second-order valence-corrected chi connectivity index (χ2v) is 8.55. The van der Waals surface area contributed by atoms with Gasteiger partial charge in [0.1, 0.15) is 0 Å². The number of carbonyl (C=O) groups excluding carboxylic acids is 1. The first-order valence-corrected chi connectivity index (χ1v) is 10.3. The van der Waals surface area contributed by atoms with Crippen molar-refractivity contribution in [2.24, 2.45) is 11.8 Å². The second kappa shape index (κ2) is 7.69. The van der Waals surface area contributed by atoms with E-state index in [0.717, 1.165) is 38.3 Å². The van der Waals surface area contributed by atoms with Gasteiger partial charge in [0.15, 0.2) is 5.69 Å². The number of aromatic nitrogens is 2. The molecule has 0 spiro atoms. The van der Waals surface area contributed by atoms with Crippen molar-refractivity contribution >= 4 is 5.91 Å². The van der Waals surface area contributed by atoms with E-state index in [1.165, 1.54) is 24.1 Å². The molecular formula is C20H32N4O2. The number of fused-ring (bicyclic) bond motifs is 1. The summed E-state index contributed by atoms with van der Waals surface area (Å²) < 4.78 is 7.52. The molecular weight excluding hydrogens is 328 g/mol. The van der Waals surface area contributed by atoms with Gasteiger partial charge in [-0.1, -0.05) is 13.8 Å². The maximum atomic E-state index is 13.1. The lowest BCUT2D eigenvalue weighted by Gasteiger charge is -2.28. The van der Waals surface area contributed by atoms with E-state index in [1.807, 2.05) is 4.90 Å². The summed E-state index contributed by atoms with van der Waals surface area (Å²) in [5, 5.41) is 8.54. The number of nitrogens with one attached hydrogen (secondary N) is 1. The van der Waals surface area contributed by atoms with Gasteiger partial charge in [0.05, 0.1) is 13.2 Å². The maximum absolute atomic E-state index is 13.1. The second-order valence-electron chi connectivity index (χ2n) is 8.55. The number of nitrogens with zero attached hydrogens (tertiary/aromatic N) is 3. The Balaban J connectivity index is 1.55. The predicted molar refractivity (Wildman–Crippen MR) is 100 cm³/mol. The van der Waals surface area contributed by atoms with Crippen LogP contribution in [0.5, 0.6) is 0 Å². The normalized spacial score (nSPS) is 23.3. The van der Waals surface area contributed by atoms with E-state index >= 15 is 0 Å². The fourth-order valence-corrected chi connectivity index (χ4v) is 4.10. The zero-order chi connectivity index (χ0) is 18.1. The van der Waals surface area contributed by atoms with Crippen molar-refractivity contribution in [3.8, 4) is 0 Å². The molecule has 1 aromatic rings. The quantitative estimate of drug-likeness (QED) is 0.841. The molecule has 1 aliphatic heterocycles. The summed E-state index contributed by atoms with van der Waals surface area (Å²) in [7, 11) is 0. The average molecular weight is 361 g/mol. The summed E-state index contributed by atoms with van der Waals surface area (Å²) in [6.07, 6.45) is 5.85. The topological polar surface area (TPSA) is 59.4 Å². The average Bonchev–Trinajstić information content (AvgIpc) is 3.42. The lowest BCUT2D eigenvalue weighted by atomic mass is 9.90. The van der Waals surface area contributed by atoms with E-state index in [9.17, 15) is 4.79 Å². The first kappa shape index (κ1) is 18.0. The summed E-state index contributed by atoms with van der Waals surface area (Å²) in [6, 6.07) is 0.482. The molecule has 1 N–H and O–H groups in total. The van der Waals surface area contributed by atoms with Crippen molar-refractivity contribution in [1.29, 1.82) is 0 Å². The Hall–Kier alpha value is -1.40. The Morgan fingerprint density at radius 3 is 2.73 bits per heavy atom. The molecule has 2 aliphatic carbocycles. The molecule has 1 amide bonds. The number of rotatable bonds is 6. The Labute approximate surface area is 156 Å². The van der Waals surface area contributed by atoms with Gasteiger partial charge in [-0.3, -0.25) is 9.48 Å². The van der Waals surface area contributed by atoms with Gasteiger partial charge >= 0.3 is 0 Å². The molecule has 2 heterocycles. The molecule has 1 saturated carbocycles. The van der Waals surface area contributed by atoms with Gasteiger partial charge in [0.25, 0.3) is 5.91 Å². The van der Waals surface area contributed by atoms with Gasteiger partial charge in [-0.2, -0.15) is 5.10 Å². The molecule has 2 fully saturated rings. The number of morpholine rings is 1. The molecule has 1 atom stereocenters. The molecule has 0 aromatic carbocycles. The van der Waals surface area contributed by atoms with Gasteiger partial charge in [0, 0.05) is 36.9 Å². The first-order chi connectivity index (χ1) is 12.6. The fraction of sp³-hybridized carbons (Fsp3) is 0.800. The largest absolute Gasteiger partial charge is 0.378 e. The van der Waals surface area contributed by atoms with Crippen LogP contribution < -0.4 is 5.32 Å². The monoisotopic (exact) mass is 360 g/mol. The lowest BCUT2D eigenvalue weighted by molar-refractivity contribution is 0.0297. The molecule has 0 radical (unpaired) electrons. The van der Waals surface area contributed by atoms with Crippen molar-refractivity contribution in [3.05, 3.63) is 17.0 Å². The zero-order valence-electron chi connectivity index (χ0n) is 16.2. The highest BCUT2D eigenvalue weighted by Gasteiger charge is 2.32. The molecule has 1 aromatic heterocycles. The number of hydrogen-bond acceptors (Lipinski definition) is 4. The summed E-state index contributed by atoms with van der Waals surface area (Å²) >= 11 is 0. The van der Waals surface area contributed by atoms with Crippen molar-refractivity contribution in [1.82, 2.24) is 20.0 Å². The third-order valence-electron chi connectivity index (χ3n) is 5.78. The van der Waals surface area contributed by atoms with Crippen LogP contribution >= 0.6 is 0 Å². The van der Waals surface area contributed by atoms with E-state index in [-0.39, 0.29) is 5.91 Å². The van der Waals surface area contributed by atoms with Gasteiger partial charge in [-0.25, -0.2) is 0 Å². The zero-order valence-corrected chi connectivity index (χ0v) is 16.2. The highest BCUT2D eigenvalue weighted by Crippen LogP contribution is 2.30. The summed E-state index contributed by atoms with van der Waals surface area (Å²) in [5.41, 5.74) is 3.18. The Bertz CT molecular complexity index is 644. The van der Waals surface area contributed by atoms with E-state index in [4.69, 9.17) is 9.84 Å². The van der Waals surface area contributed by atoms with Crippen molar-refractivity contribution < 1.29 is 9.53 Å². The van der Waals surface area contributed by atoms with Crippen molar-refractivity contribution in [2.75, 3.05) is 32.8 Å². The summed E-state index contributed by atoms with van der Waals surface area (Å²) in [6.45, 7) is 9.05. The van der Waals surface area contributed by atoms with E-state index < -0.39 is 0 Å². The molecule has 26 heavy (non-hydrogen) atoms. The van der Waals surface area contributed by atoms with E-state index in [0.29, 0.717) is 44.0 Å². The van der Waals surface area contributed by atoms with Gasteiger partial charge < -0.3 is 15.0 Å². The van der Waals surface area contributed by atoms with Crippen LogP contribution in [0.25, 0.3) is 0 Å². The number of carbonyl (C=O) groups is 1. The van der Waals surface area contributed by atoms with Crippen LogP contribution in [0.2, 0.25) is 0 Å². The molecule has 4 rings (SSSR count). The fourth-order valence-electron chi connectivity index (χ4n) is 4.10. The Kier molecular flexibility index (Phi) is 5.32. The van der Waals surface area contributed by atoms with Crippen molar-refractivity contribution in [2.45, 2.75) is 58.5 Å². The van der Waals surface area contributed by atoms with Crippen LogP contribution in [0.15, 0.2) is 0 Å². The standard InChI is InChI=1S/C20H32N4O2/c1-14(2)13-24-18-6-5-16(21-12-15-3-4-15)11-17(18)19(22-24)20(25)23-7-9-26-10-8-23/h14-16,21H,3-13H2,1-2H3/t16-/m0/s1. The molecule has 1 saturated heterocycles. The van der Waals surface area contributed by atoms with Crippen LogP contribution in [0.3, 0.4) is 0 Å². The molecule has 3 aliphatic rings. The van der Waals surface area contributed by atoms with E-state index in [2.05, 4.69) is 23.8 Å². The molecule has 6 nitrogen and oxygen atoms in total. The number of amides is 1. The van der Waals surface area contributed by atoms with E-state index in [1.54, 1.807) is 0 Å². The van der Waals surface area contributed by atoms with Crippen LogP contribution in [0, 0.1) is 11.8 Å². The molecule has 6 heteroatoms. The Morgan fingerprint density at radius 2 is 2.04 bits per heavy atom. The predicted octanol–water partition coefficient (Wildman–Crippen LogP) is 1.87. The summed E-state index contributed by atoms with van der Waals surface area (Å²) in [5.74, 6) is 1.50. The van der Waals surface area contributed by atoms with Crippen LogP contribution in [-0.4, -0.2) is 59.5 Å². The Morgan fingerprint density at radius 1 is 1.27 bits per heavy atom. The third-order valence-corrected chi connectivity index (χ3v) is 5.78. The first-order valence-electron chi connectivity index (χ1n) is 10.3. The van der Waals surface area contributed by atoms with Crippen LogP contribution in [0.4, 0.5) is 0 Å².